The number of carbonyl (C=O) groups excluding carboxylic acids is 1. The van der Waals surface area contributed by atoms with E-state index in [2.05, 4.69) is 5.32 Å². The van der Waals surface area contributed by atoms with E-state index < -0.39 is 0 Å². The third-order valence-electron chi connectivity index (χ3n) is 4.18. The van der Waals surface area contributed by atoms with Crippen LogP contribution in [-0.2, 0) is 11.2 Å². The molecule has 1 aliphatic rings. The van der Waals surface area contributed by atoms with Gasteiger partial charge < -0.3 is 14.8 Å². The highest BCUT2D eigenvalue weighted by molar-refractivity contribution is 6.32. The molecule has 4 nitrogen and oxygen atoms in total. The van der Waals surface area contributed by atoms with Crippen LogP contribution in [0.2, 0.25) is 5.02 Å². The summed E-state index contributed by atoms with van der Waals surface area (Å²) < 4.78 is 10.6. The van der Waals surface area contributed by atoms with Crippen LogP contribution in [0, 0.1) is 6.92 Å². The van der Waals surface area contributed by atoms with Gasteiger partial charge in [0, 0.05) is 5.69 Å². The summed E-state index contributed by atoms with van der Waals surface area (Å²) in [7, 11) is 3.12. The monoisotopic (exact) mass is 331 g/mol. The van der Waals surface area contributed by atoms with Crippen LogP contribution in [0.1, 0.15) is 22.6 Å². The third kappa shape index (κ3) is 2.75. The molecule has 0 aliphatic carbocycles. The van der Waals surface area contributed by atoms with Crippen LogP contribution in [0.15, 0.2) is 30.3 Å². The van der Waals surface area contributed by atoms with Crippen LogP contribution in [0.3, 0.4) is 0 Å². The molecule has 1 heterocycles. The Morgan fingerprint density at radius 3 is 2.70 bits per heavy atom. The highest BCUT2D eigenvalue weighted by Gasteiger charge is 2.31. The fourth-order valence-electron chi connectivity index (χ4n) is 3.03. The Morgan fingerprint density at radius 2 is 2.00 bits per heavy atom. The number of methoxy groups -OCH3 is 2. The highest BCUT2D eigenvalue weighted by Crippen LogP contribution is 2.40. The molecule has 1 N–H and O–H groups in total. The number of anilines is 1. The number of hydrogen-bond acceptors (Lipinski definition) is 3. The number of halogens is 1. The molecule has 1 amide bonds. The minimum atomic E-state index is -0.223. The molecule has 0 saturated carbocycles. The zero-order valence-corrected chi connectivity index (χ0v) is 14.0. The van der Waals surface area contributed by atoms with E-state index in [1.54, 1.807) is 14.2 Å². The van der Waals surface area contributed by atoms with E-state index in [1.165, 1.54) is 0 Å². The van der Waals surface area contributed by atoms with Crippen molar-refractivity contribution in [3.63, 3.8) is 0 Å². The second-order valence-electron chi connectivity index (χ2n) is 5.60. The number of hydrogen-bond donors (Lipinski definition) is 1. The molecule has 120 valence electrons. The summed E-state index contributed by atoms with van der Waals surface area (Å²) in [6.45, 7) is 1.99. The summed E-state index contributed by atoms with van der Waals surface area (Å²) >= 11 is 6.26. The lowest BCUT2D eigenvalue weighted by Crippen LogP contribution is -2.14. The van der Waals surface area contributed by atoms with E-state index in [1.807, 2.05) is 37.3 Å². The van der Waals surface area contributed by atoms with Crippen molar-refractivity contribution in [3.8, 4) is 11.5 Å². The van der Waals surface area contributed by atoms with Crippen LogP contribution < -0.4 is 14.8 Å². The van der Waals surface area contributed by atoms with Gasteiger partial charge in [-0.05, 0) is 42.2 Å². The number of rotatable bonds is 4. The summed E-state index contributed by atoms with van der Waals surface area (Å²) in [5.74, 6) is 0.863. The maximum absolute atomic E-state index is 12.4. The highest BCUT2D eigenvalue weighted by atomic mass is 35.5. The lowest BCUT2D eigenvalue weighted by Gasteiger charge is -2.14. The van der Waals surface area contributed by atoms with Crippen molar-refractivity contribution in [1.82, 2.24) is 0 Å². The molecule has 0 saturated heterocycles. The Kier molecular flexibility index (Phi) is 4.18. The Balaban J connectivity index is 1.96. The smallest absolute Gasteiger partial charge is 0.232 e. The topological polar surface area (TPSA) is 47.6 Å². The molecule has 23 heavy (non-hydrogen) atoms. The van der Waals surface area contributed by atoms with Crippen molar-refractivity contribution in [3.05, 3.63) is 52.0 Å². The van der Waals surface area contributed by atoms with Crippen molar-refractivity contribution in [1.29, 1.82) is 0 Å². The number of amides is 1. The summed E-state index contributed by atoms with van der Waals surface area (Å²) in [5.41, 5.74) is 3.96. The fraction of sp³-hybridized carbons (Fsp3) is 0.278. The SMILES string of the molecule is COc1cc(C[C@H]2C(=O)Nc3c(C)cccc32)cc(Cl)c1OC. The van der Waals surface area contributed by atoms with Gasteiger partial charge in [-0.2, -0.15) is 0 Å². The van der Waals surface area contributed by atoms with Crippen LogP contribution in [-0.4, -0.2) is 20.1 Å². The fourth-order valence-corrected chi connectivity index (χ4v) is 3.34. The van der Waals surface area contributed by atoms with Gasteiger partial charge in [-0.25, -0.2) is 0 Å². The first-order chi connectivity index (χ1) is 11.0. The standard InChI is InChI=1S/C18H18ClNO3/c1-10-5-4-6-12-13(18(21)20-16(10)12)7-11-8-14(19)17(23-3)15(9-11)22-2/h4-6,8-9,13H,7H2,1-3H3,(H,20,21)/t13-/m1/s1. The van der Waals surface area contributed by atoms with E-state index in [9.17, 15) is 4.79 Å². The molecule has 1 atom stereocenters. The van der Waals surface area contributed by atoms with Gasteiger partial charge in [0.25, 0.3) is 0 Å². The number of ether oxygens (including phenoxy) is 2. The number of benzene rings is 2. The van der Waals surface area contributed by atoms with E-state index in [0.29, 0.717) is 22.9 Å². The van der Waals surface area contributed by atoms with Gasteiger partial charge in [-0.3, -0.25) is 4.79 Å². The Bertz CT molecular complexity index is 773. The van der Waals surface area contributed by atoms with Gasteiger partial charge in [0.05, 0.1) is 25.2 Å². The predicted molar refractivity (Wildman–Crippen MR) is 90.8 cm³/mol. The molecule has 0 aromatic heterocycles. The number of carbonyl (C=O) groups is 1. The average Bonchev–Trinajstić information content (AvgIpc) is 2.84. The van der Waals surface area contributed by atoms with E-state index in [4.69, 9.17) is 21.1 Å². The minimum absolute atomic E-state index is 0.0141. The molecule has 5 heteroatoms. The molecule has 0 spiro atoms. The minimum Gasteiger partial charge on any atom is -0.493 e. The summed E-state index contributed by atoms with van der Waals surface area (Å²) in [6, 6.07) is 9.65. The van der Waals surface area contributed by atoms with Gasteiger partial charge in [-0.15, -0.1) is 0 Å². The molecule has 2 aromatic rings. The Hall–Kier alpha value is -2.20. The first kappa shape index (κ1) is 15.7. The molecule has 1 aliphatic heterocycles. The number of para-hydroxylation sites is 1. The molecule has 0 radical (unpaired) electrons. The molecule has 0 bridgehead atoms. The van der Waals surface area contributed by atoms with Gasteiger partial charge in [0.2, 0.25) is 5.91 Å². The van der Waals surface area contributed by atoms with Crippen molar-refractivity contribution in [2.75, 3.05) is 19.5 Å². The summed E-state index contributed by atoms with van der Waals surface area (Å²) in [6.07, 6.45) is 0.558. The quantitative estimate of drug-likeness (QED) is 0.923. The lowest BCUT2D eigenvalue weighted by molar-refractivity contribution is -0.117. The summed E-state index contributed by atoms with van der Waals surface area (Å²) in [4.78, 5) is 12.4. The lowest BCUT2D eigenvalue weighted by atomic mass is 9.92. The first-order valence-corrected chi connectivity index (χ1v) is 7.73. The molecule has 0 fully saturated rings. The van der Waals surface area contributed by atoms with Crippen molar-refractivity contribution >= 4 is 23.2 Å². The normalized spacial score (nSPS) is 16.0. The largest absolute Gasteiger partial charge is 0.493 e. The number of nitrogens with one attached hydrogen (secondary N) is 1. The molecular formula is C18H18ClNO3. The van der Waals surface area contributed by atoms with Gasteiger partial charge in [0.15, 0.2) is 11.5 Å². The molecule has 3 rings (SSSR count). The molecule has 0 unspecified atom stereocenters. The molecule has 2 aromatic carbocycles. The zero-order chi connectivity index (χ0) is 16.6. The first-order valence-electron chi connectivity index (χ1n) is 7.36. The van der Waals surface area contributed by atoms with Gasteiger partial charge in [-0.1, -0.05) is 29.8 Å². The Morgan fingerprint density at radius 1 is 1.22 bits per heavy atom. The van der Waals surface area contributed by atoms with Crippen molar-refractivity contribution in [2.45, 2.75) is 19.3 Å². The predicted octanol–water partition coefficient (Wildman–Crippen LogP) is 3.94. The molecular weight excluding hydrogens is 314 g/mol. The maximum atomic E-state index is 12.4. The summed E-state index contributed by atoms with van der Waals surface area (Å²) in [5, 5.41) is 3.45. The second-order valence-corrected chi connectivity index (χ2v) is 6.01. The zero-order valence-electron chi connectivity index (χ0n) is 13.3. The van der Waals surface area contributed by atoms with E-state index >= 15 is 0 Å². The third-order valence-corrected chi connectivity index (χ3v) is 4.46. The Labute approximate surface area is 140 Å². The average molecular weight is 332 g/mol. The van der Waals surface area contributed by atoms with Crippen LogP contribution in [0.4, 0.5) is 5.69 Å². The van der Waals surface area contributed by atoms with Crippen molar-refractivity contribution < 1.29 is 14.3 Å². The van der Waals surface area contributed by atoms with Crippen LogP contribution in [0.25, 0.3) is 0 Å². The maximum Gasteiger partial charge on any atom is 0.232 e. The number of fused-ring (bicyclic) bond motifs is 1. The van der Waals surface area contributed by atoms with Crippen LogP contribution >= 0.6 is 11.6 Å². The number of aryl methyl sites for hydroxylation is 1. The van der Waals surface area contributed by atoms with Crippen molar-refractivity contribution in [2.24, 2.45) is 0 Å². The van der Waals surface area contributed by atoms with Gasteiger partial charge in [0.1, 0.15) is 0 Å². The second kappa shape index (κ2) is 6.13. The van der Waals surface area contributed by atoms with Gasteiger partial charge >= 0.3 is 0 Å². The van der Waals surface area contributed by atoms with Crippen LogP contribution in [0.5, 0.6) is 11.5 Å². The van der Waals surface area contributed by atoms with E-state index in [0.717, 1.165) is 22.4 Å². The van der Waals surface area contributed by atoms with E-state index in [-0.39, 0.29) is 11.8 Å².